The van der Waals surface area contributed by atoms with E-state index >= 15 is 0 Å². The van der Waals surface area contributed by atoms with Crippen LogP contribution in [-0.2, 0) is 4.79 Å². The summed E-state index contributed by atoms with van der Waals surface area (Å²) in [5.41, 5.74) is 1.76. The maximum atomic E-state index is 10.8. The van der Waals surface area contributed by atoms with Crippen molar-refractivity contribution in [2.45, 2.75) is 23.8 Å². The Morgan fingerprint density at radius 2 is 2.31 bits per heavy atom. The summed E-state index contributed by atoms with van der Waals surface area (Å²) in [4.78, 5) is 18.2. The fourth-order valence-corrected chi connectivity index (χ4v) is 2.27. The summed E-state index contributed by atoms with van der Waals surface area (Å²) < 4.78 is 0. The fourth-order valence-electron chi connectivity index (χ4n) is 1.42. The summed E-state index contributed by atoms with van der Waals surface area (Å²) in [6, 6.07) is 7.60. The number of carboxylic acids is 1. The second-order valence-corrected chi connectivity index (χ2v) is 4.58. The summed E-state index contributed by atoms with van der Waals surface area (Å²) in [6.45, 7) is 1.82. The van der Waals surface area contributed by atoms with Crippen LogP contribution in [0.2, 0.25) is 0 Å². The van der Waals surface area contributed by atoms with E-state index in [0.29, 0.717) is 11.6 Å². The third kappa shape index (κ3) is 2.19. The molecular formula is C11H11N2O2S-. The van der Waals surface area contributed by atoms with E-state index in [2.05, 4.69) is 9.97 Å². The smallest absolute Gasteiger partial charge is 0.167 e. The SMILES string of the molecule is CC[C@H](Sc1nc2ccccc2[nH]1)C(=O)[O-]. The highest BCUT2D eigenvalue weighted by atomic mass is 32.2. The summed E-state index contributed by atoms with van der Waals surface area (Å²) in [7, 11) is 0. The number of imidazole rings is 1. The van der Waals surface area contributed by atoms with Gasteiger partial charge in [0, 0.05) is 0 Å². The highest BCUT2D eigenvalue weighted by Gasteiger charge is 2.12. The van der Waals surface area contributed by atoms with Gasteiger partial charge in [-0.25, -0.2) is 4.98 Å². The standard InChI is InChI=1S/C11H12N2O2S/c1-2-9(10(14)15)16-11-12-7-5-3-4-6-8(7)13-11/h3-6,9H,2H2,1H3,(H,12,13)(H,14,15)/p-1/t9-/m0/s1. The van der Waals surface area contributed by atoms with Crippen molar-refractivity contribution in [2.24, 2.45) is 0 Å². The second kappa shape index (κ2) is 4.57. The molecule has 0 bridgehead atoms. The Morgan fingerprint density at radius 1 is 1.56 bits per heavy atom. The molecule has 1 N–H and O–H groups in total. The molecule has 4 nitrogen and oxygen atoms in total. The van der Waals surface area contributed by atoms with E-state index in [9.17, 15) is 9.90 Å². The normalized spacial score (nSPS) is 12.8. The molecule has 0 fully saturated rings. The van der Waals surface area contributed by atoms with E-state index in [4.69, 9.17) is 0 Å². The van der Waals surface area contributed by atoms with Crippen molar-refractivity contribution in [3.05, 3.63) is 24.3 Å². The molecule has 2 rings (SSSR count). The first-order valence-electron chi connectivity index (χ1n) is 5.03. The molecule has 1 aromatic carbocycles. The minimum atomic E-state index is -1.05. The lowest BCUT2D eigenvalue weighted by Gasteiger charge is -2.12. The first-order valence-corrected chi connectivity index (χ1v) is 5.91. The van der Waals surface area contributed by atoms with Gasteiger partial charge in [0.1, 0.15) is 0 Å². The number of para-hydroxylation sites is 2. The zero-order valence-corrected chi connectivity index (χ0v) is 9.58. The van der Waals surface area contributed by atoms with Crippen molar-refractivity contribution in [3.63, 3.8) is 0 Å². The number of hydrogen-bond acceptors (Lipinski definition) is 4. The lowest BCUT2D eigenvalue weighted by Crippen LogP contribution is -2.33. The van der Waals surface area contributed by atoms with Crippen LogP contribution in [-0.4, -0.2) is 21.2 Å². The number of benzene rings is 1. The lowest BCUT2D eigenvalue weighted by atomic mass is 10.3. The maximum absolute atomic E-state index is 10.8. The number of carbonyl (C=O) groups excluding carboxylic acids is 1. The summed E-state index contributed by atoms with van der Waals surface area (Å²) >= 11 is 1.19. The number of aromatic nitrogens is 2. The zero-order valence-electron chi connectivity index (χ0n) is 8.77. The number of carbonyl (C=O) groups is 1. The van der Waals surface area contributed by atoms with Crippen molar-refractivity contribution in [2.75, 3.05) is 0 Å². The molecule has 0 amide bonds. The van der Waals surface area contributed by atoms with Gasteiger partial charge in [0.2, 0.25) is 0 Å². The second-order valence-electron chi connectivity index (χ2n) is 3.39. The topological polar surface area (TPSA) is 68.8 Å². The van der Waals surface area contributed by atoms with Crippen LogP contribution in [0.3, 0.4) is 0 Å². The Balaban J connectivity index is 2.24. The van der Waals surface area contributed by atoms with E-state index in [-0.39, 0.29) is 0 Å². The molecule has 1 heterocycles. The Labute approximate surface area is 97.1 Å². The average Bonchev–Trinajstić information content (AvgIpc) is 2.67. The van der Waals surface area contributed by atoms with Crippen molar-refractivity contribution in [3.8, 4) is 0 Å². The van der Waals surface area contributed by atoms with Gasteiger partial charge < -0.3 is 14.9 Å². The first-order chi connectivity index (χ1) is 7.70. The fraction of sp³-hybridized carbons (Fsp3) is 0.273. The molecule has 1 atom stereocenters. The highest BCUT2D eigenvalue weighted by molar-refractivity contribution is 8.00. The van der Waals surface area contributed by atoms with E-state index in [0.717, 1.165) is 11.0 Å². The van der Waals surface area contributed by atoms with Gasteiger partial charge in [-0.3, -0.25) is 0 Å². The minimum absolute atomic E-state index is 0.518. The molecule has 84 valence electrons. The monoisotopic (exact) mass is 235 g/mol. The summed E-state index contributed by atoms with van der Waals surface area (Å²) in [5, 5.41) is 10.8. The van der Waals surface area contributed by atoms with Gasteiger partial charge in [-0.1, -0.05) is 30.8 Å². The molecule has 0 aliphatic rings. The summed E-state index contributed by atoms with van der Waals surface area (Å²) in [5.74, 6) is -1.05. The molecule has 0 aliphatic heterocycles. The third-order valence-electron chi connectivity index (χ3n) is 2.26. The molecule has 2 aromatic rings. The number of thioether (sulfide) groups is 1. The first kappa shape index (κ1) is 11.0. The van der Waals surface area contributed by atoms with E-state index < -0.39 is 11.2 Å². The molecule has 1 aromatic heterocycles. The zero-order chi connectivity index (χ0) is 11.5. The van der Waals surface area contributed by atoms with Gasteiger partial charge in [0.05, 0.1) is 22.3 Å². The van der Waals surface area contributed by atoms with Gasteiger partial charge >= 0.3 is 0 Å². The Hall–Kier alpha value is -1.49. The third-order valence-corrected chi connectivity index (χ3v) is 3.48. The van der Waals surface area contributed by atoms with Gasteiger partial charge in [0.25, 0.3) is 0 Å². The van der Waals surface area contributed by atoms with Crippen LogP contribution >= 0.6 is 11.8 Å². The van der Waals surface area contributed by atoms with Crippen LogP contribution in [0.15, 0.2) is 29.4 Å². The van der Waals surface area contributed by atoms with Crippen molar-refractivity contribution < 1.29 is 9.90 Å². The number of nitrogens with zero attached hydrogens (tertiary/aromatic N) is 1. The Kier molecular flexibility index (Phi) is 3.14. The largest absolute Gasteiger partial charge is 0.549 e. The van der Waals surface area contributed by atoms with Crippen LogP contribution in [0, 0.1) is 0 Å². The molecule has 0 saturated heterocycles. The Morgan fingerprint density at radius 3 is 2.94 bits per heavy atom. The molecule has 0 radical (unpaired) electrons. The van der Waals surface area contributed by atoms with E-state index in [1.807, 2.05) is 31.2 Å². The van der Waals surface area contributed by atoms with Crippen LogP contribution in [0.25, 0.3) is 11.0 Å². The van der Waals surface area contributed by atoms with Crippen LogP contribution in [0.5, 0.6) is 0 Å². The number of hydrogen-bond donors (Lipinski definition) is 1. The molecular weight excluding hydrogens is 224 g/mol. The van der Waals surface area contributed by atoms with Crippen LogP contribution in [0.1, 0.15) is 13.3 Å². The molecule has 0 unspecified atom stereocenters. The number of H-pyrrole nitrogens is 1. The van der Waals surface area contributed by atoms with Crippen molar-refractivity contribution in [1.29, 1.82) is 0 Å². The quantitative estimate of drug-likeness (QED) is 0.808. The predicted octanol–water partition coefficient (Wildman–Crippen LogP) is 1.18. The maximum Gasteiger partial charge on any atom is 0.167 e. The number of rotatable bonds is 4. The van der Waals surface area contributed by atoms with Crippen LogP contribution < -0.4 is 5.11 Å². The molecule has 0 aliphatic carbocycles. The number of carboxylic acid groups (broad SMARTS) is 1. The summed E-state index contributed by atoms with van der Waals surface area (Å²) in [6.07, 6.45) is 0.518. The average molecular weight is 235 g/mol. The lowest BCUT2D eigenvalue weighted by molar-refractivity contribution is -0.304. The van der Waals surface area contributed by atoms with Crippen molar-refractivity contribution >= 4 is 28.8 Å². The minimum Gasteiger partial charge on any atom is -0.549 e. The molecule has 5 heteroatoms. The Bertz CT molecular complexity index is 476. The number of aliphatic carboxylic acids is 1. The highest BCUT2D eigenvalue weighted by Crippen LogP contribution is 2.24. The number of nitrogens with one attached hydrogen (secondary N) is 1. The molecule has 16 heavy (non-hydrogen) atoms. The van der Waals surface area contributed by atoms with Gasteiger partial charge in [-0.15, -0.1) is 0 Å². The van der Waals surface area contributed by atoms with E-state index in [1.165, 1.54) is 11.8 Å². The predicted molar refractivity (Wildman–Crippen MR) is 61.0 cm³/mol. The van der Waals surface area contributed by atoms with Crippen LogP contribution in [0.4, 0.5) is 0 Å². The van der Waals surface area contributed by atoms with Crippen molar-refractivity contribution in [1.82, 2.24) is 9.97 Å². The molecule has 0 spiro atoms. The number of fused-ring (bicyclic) bond motifs is 1. The van der Waals surface area contributed by atoms with Gasteiger partial charge in [0.15, 0.2) is 5.16 Å². The number of aromatic amines is 1. The van der Waals surface area contributed by atoms with Gasteiger partial charge in [-0.2, -0.15) is 0 Å². The van der Waals surface area contributed by atoms with Gasteiger partial charge in [-0.05, 0) is 18.6 Å². The molecule has 0 saturated carbocycles. The van der Waals surface area contributed by atoms with E-state index in [1.54, 1.807) is 0 Å².